The zero-order chi connectivity index (χ0) is 6.74. The Kier molecular flexibility index (Phi) is 1.69. The first-order valence-electron chi connectivity index (χ1n) is 2.82. The molecule has 0 N–H and O–H groups in total. The van der Waals surface area contributed by atoms with Crippen molar-refractivity contribution in [2.24, 2.45) is 0 Å². The fourth-order valence-electron chi connectivity index (χ4n) is 0.713. The summed E-state index contributed by atoms with van der Waals surface area (Å²) in [5.74, 6) is 0. The molecule has 2 nitrogen and oxygen atoms in total. The van der Waals surface area contributed by atoms with E-state index < -0.39 is 5.60 Å². The van der Waals surface area contributed by atoms with Gasteiger partial charge in [0.05, 0.1) is 6.61 Å². The van der Waals surface area contributed by atoms with Gasteiger partial charge in [-0.1, -0.05) is 25.3 Å². The normalized spacial score (nSPS) is 23.6. The Morgan fingerprint density at radius 2 is 2.00 bits per heavy atom. The standard InChI is InChI=1S/C7H10O2/c1-3-7(4-2)5-8-6-9-7/h3-4H,1-2,5-6H2. The monoisotopic (exact) mass is 126 g/mol. The van der Waals surface area contributed by atoms with E-state index in [0.717, 1.165) is 0 Å². The van der Waals surface area contributed by atoms with Crippen molar-refractivity contribution in [3.8, 4) is 0 Å². The molecule has 0 aromatic carbocycles. The third-order valence-corrected chi connectivity index (χ3v) is 1.43. The summed E-state index contributed by atoms with van der Waals surface area (Å²) in [5.41, 5.74) is -0.417. The minimum Gasteiger partial charge on any atom is -0.352 e. The van der Waals surface area contributed by atoms with E-state index in [1.165, 1.54) is 0 Å². The molecule has 1 heterocycles. The Morgan fingerprint density at radius 3 is 2.22 bits per heavy atom. The fourth-order valence-corrected chi connectivity index (χ4v) is 0.713. The van der Waals surface area contributed by atoms with Crippen LogP contribution in [0, 0.1) is 0 Å². The van der Waals surface area contributed by atoms with Crippen LogP contribution in [0.5, 0.6) is 0 Å². The van der Waals surface area contributed by atoms with Crippen LogP contribution in [-0.2, 0) is 9.47 Å². The van der Waals surface area contributed by atoms with Gasteiger partial charge in [0, 0.05) is 0 Å². The molecule has 0 amide bonds. The molecular weight excluding hydrogens is 116 g/mol. The van der Waals surface area contributed by atoms with E-state index in [2.05, 4.69) is 13.2 Å². The molecule has 0 aliphatic carbocycles. The summed E-state index contributed by atoms with van der Waals surface area (Å²) >= 11 is 0. The third kappa shape index (κ3) is 1.04. The Morgan fingerprint density at radius 1 is 1.33 bits per heavy atom. The summed E-state index contributed by atoms with van der Waals surface area (Å²) in [4.78, 5) is 0. The highest BCUT2D eigenvalue weighted by Gasteiger charge is 2.28. The topological polar surface area (TPSA) is 18.5 Å². The molecule has 0 bridgehead atoms. The third-order valence-electron chi connectivity index (χ3n) is 1.43. The van der Waals surface area contributed by atoms with E-state index in [4.69, 9.17) is 9.47 Å². The van der Waals surface area contributed by atoms with Gasteiger partial charge in [0.15, 0.2) is 0 Å². The zero-order valence-corrected chi connectivity index (χ0v) is 5.30. The molecule has 50 valence electrons. The Bertz CT molecular complexity index is 113. The van der Waals surface area contributed by atoms with Crippen molar-refractivity contribution in [2.45, 2.75) is 5.60 Å². The SMILES string of the molecule is C=CC1(C=C)COCO1. The predicted octanol–water partition coefficient (Wildman–Crippen LogP) is 1.10. The number of rotatable bonds is 2. The molecule has 9 heavy (non-hydrogen) atoms. The number of ether oxygens (including phenoxy) is 2. The van der Waals surface area contributed by atoms with E-state index in [0.29, 0.717) is 13.4 Å². The van der Waals surface area contributed by atoms with Crippen LogP contribution in [0.15, 0.2) is 25.3 Å². The van der Waals surface area contributed by atoms with Gasteiger partial charge in [-0.2, -0.15) is 0 Å². The van der Waals surface area contributed by atoms with Gasteiger partial charge in [0.25, 0.3) is 0 Å². The lowest BCUT2D eigenvalue weighted by Crippen LogP contribution is -2.24. The van der Waals surface area contributed by atoms with Crippen LogP contribution >= 0.6 is 0 Å². The molecule has 0 atom stereocenters. The van der Waals surface area contributed by atoms with Crippen LogP contribution in [0.25, 0.3) is 0 Å². The van der Waals surface area contributed by atoms with Gasteiger partial charge >= 0.3 is 0 Å². The van der Waals surface area contributed by atoms with Crippen LogP contribution in [-0.4, -0.2) is 19.0 Å². The lowest BCUT2D eigenvalue weighted by molar-refractivity contribution is 0.0366. The highest BCUT2D eigenvalue weighted by molar-refractivity contribution is 5.10. The first-order valence-corrected chi connectivity index (χ1v) is 2.82. The van der Waals surface area contributed by atoms with Crippen molar-refractivity contribution >= 4 is 0 Å². The van der Waals surface area contributed by atoms with Crippen molar-refractivity contribution in [3.05, 3.63) is 25.3 Å². The average Bonchev–Trinajstić information content (AvgIpc) is 2.36. The van der Waals surface area contributed by atoms with E-state index >= 15 is 0 Å². The molecule has 0 spiro atoms. The molecule has 1 aliphatic heterocycles. The highest BCUT2D eigenvalue weighted by atomic mass is 16.7. The first kappa shape index (κ1) is 6.52. The number of hydrogen-bond acceptors (Lipinski definition) is 2. The zero-order valence-electron chi connectivity index (χ0n) is 5.30. The van der Waals surface area contributed by atoms with Crippen molar-refractivity contribution < 1.29 is 9.47 Å². The van der Waals surface area contributed by atoms with E-state index in [1.807, 2.05) is 0 Å². The molecule has 0 radical (unpaired) electrons. The maximum atomic E-state index is 5.18. The molecule has 2 heteroatoms. The quantitative estimate of drug-likeness (QED) is 0.516. The Labute approximate surface area is 54.8 Å². The van der Waals surface area contributed by atoms with Gasteiger partial charge in [-0.05, 0) is 0 Å². The van der Waals surface area contributed by atoms with Gasteiger partial charge in [0.1, 0.15) is 12.4 Å². The summed E-state index contributed by atoms with van der Waals surface area (Å²) in [6.45, 7) is 8.11. The summed E-state index contributed by atoms with van der Waals surface area (Å²) in [6.07, 6.45) is 3.40. The van der Waals surface area contributed by atoms with Gasteiger partial charge in [-0.3, -0.25) is 0 Å². The van der Waals surface area contributed by atoms with Gasteiger partial charge < -0.3 is 9.47 Å². The molecule has 1 fully saturated rings. The lowest BCUT2D eigenvalue weighted by atomic mass is 10.1. The Balaban J connectivity index is 2.66. The minimum atomic E-state index is -0.417. The van der Waals surface area contributed by atoms with Crippen molar-refractivity contribution in [1.82, 2.24) is 0 Å². The maximum Gasteiger partial charge on any atom is 0.148 e. The van der Waals surface area contributed by atoms with Crippen molar-refractivity contribution in [2.75, 3.05) is 13.4 Å². The molecule has 1 saturated heterocycles. The lowest BCUT2D eigenvalue weighted by Gasteiger charge is -2.15. The van der Waals surface area contributed by atoms with Gasteiger partial charge in [0.2, 0.25) is 0 Å². The first-order chi connectivity index (χ1) is 4.33. The summed E-state index contributed by atoms with van der Waals surface area (Å²) in [6, 6.07) is 0. The van der Waals surface area contributed by atoms with Crippen molar-refractivity contribution in [3.63, 3.8) is 0 Å². The van der Waals surface area contributed by atoms with E-state index in [9.17, 15) is 0 Å². The minimum absolute atomic E-state index is 0.345. The fraction of sp³-hybridized carbons (Fsp3) is 0.429. The van der Waals surface area contributed by atoms with Crippen LogP contribution in [0.4, 0.5) is 0 Å². The van der Waals surface area contributed by atoms with E-state index in [-0.39, 0.29) is 0 Å². The molecule has 0 aromatic rings. The highest BCUT2D eigenvalue weighted by Crippen LogP contribution is 2.19. The summed E-state index contributed by atoms with van der Waals surface area (Å²) < 4.78 is 10.2. The second-order valence-corrected chi connectivity index (χ2v) is 1.97. The van der Waals surface area contributed by atoms with Crippen LogP contribution in [0.1, 0.15) is 0 Å². The summed E-state index contributed by atoms with van der Waals surface area (Å²) in [7, 11) is 0. The molecule has 0 saturated carbocycles. The van der Waals surface area contributed by atoms with Crippen molar-refractivity contribution in [1.29, 1.82) is 0 Å². The predicted molar refractivity (Wildman–Crippen MR) is 35.0 cm³/mol. The second kappa shape index (κ2) is 2.33. The van der Waals surface area contributed by atoms with Crippen LogP contribution in [0.3, 0.4) is 0 Å². The van der Waals surface area contributed by atoms with Crippen LogP contribution in [0.2, 0.25) is 0 Å². The van der Waals surface area contributed by atoms with Crippen LogP contribution < -0.4 is 0 Å². The van der Waals surface area contributed by atoms with Gasteiger partial charge in [-0.25, -0.2) is 0 Å². The molecule has 1 rings (SSSR count). The van der Waals surface area contributed by atoms with E-state index in [1.54, 1.807) is 12.2 Å². The second-order valence-electron chi connectivity index (χ2n) is 1.97. The largest absolute Gasteiger partial charge is 0.352 e. The number of hydrogen-bond donors (Lipinski definition) is 0. The Hall–Kier alpha value is -0.600. The maximum absolute atomic E-state index is 5.18. The molecule has 1 aliphatic rings. The molecular formula is C7H10O2. The smallest absolute Gasteiger partial charge is 0.148 e. The summed E-state index contributed by atoms with van der Waals surface area (Å²) in [5, 5.41) is 0. The average molecular weight is 126 g/mol. The van der Waals surface area contributed by atoms with Gasteiger partial charge in [-0.15, -0.1) is 0 Å². The molecule has 0 unspecified atom stereocenters. The molecule has 0 aromatic heterocycles.